The monoisotopic (exact) mass is 337 g/mol. The molecule has 1 saturated heterocycles. The van der Waals surface area contributed by atoms with Crippen LogP contribution in [0.2, 0.25) is 0 Å². The second-order valence-electron chi connectivity index (χ2n) is 7.01. The fourth-order valence-electron chi connectivity index (χ4n) is 3.75. The van der Waals surface area contributed by atoms with Crippen molar-refractivity contribution < 1.29 is 14.6 Å². The number of likely N-dealkylation sites (tertiary alicyclic amines) is 1. The predicted octanol–water partition coefficient (Wildman–Crippen LogP) is 2.88. The first-order valence-corrected chi connectivity index (χ1v) is 9.47. The molecule has 128 valence electrons. The number of carbonyl (C=O) groups excluding carboxylic acids is 1. The number of thiophene rings is 1. The van der Waals surface area contributed by atoms with E-state index in [9.17, 15) is 9.90 Å². The molecule has 1 aromatic heterocycles. The molecule has 1 N–H and O–H groups in total. The smallest absolute Gasteiger partial charge is 0.263 e. The summed E-state index contributed by atoms with van der Waals surface area (Å²) in [5.74, 6) is 0.218. The Kier molecular flexibility index (Phi) is 5.09. The van der Waals surface area contributed by atoms with Crippen LogP contribution in [0, 0.1) is 5.92 Å². The summed E-state index contributed by atoms with van der Waals surface area (Å²) < 4.78 is 5.11. The number of hydrogen-bond donors (Lipinski definition) is 1. The Morgan fingerprint density at radius 3 is 2.96 bits per heavy atom. The van der Waals surface area contributed by atoms with Crippen LogP contribution in [0.3, 0.4) is 0 Å². The number of ether oxygens (including phenoxy) is 1. The lowest BCUT2D eigenvalue weighted by molar-refractivity contribution is -0.0749. The molecule has 2 aliphatic rings. The zero-order valence-electron chi connectivity index (χ0n) is 14.1. The van der Waals surface area contributed by atoms with Crippen molar-refractivity contribution >= 4 is 17.2 Å². The van der Waals surface area contributed by atoms with E-state index in [4.69, 9.17) is 4.74 Å². The van der Waals surface area contributed by atoms with Gasteiger partial charge in [-0.05, 0) is 50.2 Å². The van der Waals surface area contributed by atoms with E-state index in [2.05, 4.69) is 6.07 Å². The van der Waals surface area contributed by atoms with Gasteiger partial charge >= 0.3 is 0 Å². The first-order chi connectivity index (χ1) is 11.0. The summed E-state index contributed by atoms with van der Waals surface area (Å²) in [6, 6.07) is 2.11. The van der Waals surface area contributed by atoms with Crippen molar-refractivity contribution in [1.82, 2.24) is 4.90 Å². The van der Waals surface area contributed by atoms with E-state index in [-0.39, 0.29) is 11.8 Å². The van der Waals surface area contributed by atoms with Gasteiger partial charge < -0.3 is 14.7 Å². The molecule has 1 amide bonds. The number of aliphatic hydroxyl groups is 1. The van der Waals surface area contributed by atoms with Crippen LogP contribution in [-0.2, 0) is 17.6 Å². The number of amides is 1. The maximum absolute atomic E-state index is 12.8. The Balaban J connectivity index is 1.66. The number of carbonyl (C=O) groups is 1. The van der Waals surface area contributed by atoms with Crippen molar-refractivity contribution in [3.63, 3.8) is 0 Å². The van der Waals surface area contributed by atoms with Crippen molar-refractivity contribution in [1.29, 1.82) is 0 Å². The van der Waals surface area contributed by atoms with Gasteiger partial charge in [0.1, 0.15) is 0 Å². The molecule has 23 heavy (non-hydrogen) atoms. The molecule has 0 unspecified atom stereocenters. The standard InChI is InChI=1S/C18H27NO3S/c1-13-12-19(9-7-18(13,21)8-10-22-2)17(20)16-11-14-5-3-4-6-15(14)23-16/h11,13,21H,3-10,12H2,1-2H3/t13-,18-/m0/s1. The Labute approximate surface area is 142 Å². The van der Waals surface area contributed by atoms with E-state index < -0.39 is 5.60 Å². The zero-order valence-corrected chi connectivity index (χ0v) is 15.0. The molecule has 0 saturated carbocycles. The molecule has 1 aliphatic heterocycles. The maximum Gasteiger partial charge on any atom is 0.263 e. The summed E-state index contributed by atoms with van der Waals surface area (Å²) in [4.78, 5) is 17.0. The topological polar surface area (TPSA) is 49.8 Å². The molecule has 5 heteroatoms. The Hall–Kier alpha value is -0.910. The highest BCUT2D eigenvalue weighted by Gasteiger charge is 2.40. The lowest BCUT2D eigenvalue weighted by atomic mass is 9.80. The van der Waals surface area contributed by atoms with Crippen LogP contribution < -0.4 is 0 Å². The molecule has 0 radical (unpaired) electrons. The normalized spacial score (nSPS) is 27.8. The predicted molar refractivity (Wildman–Crippen MR) is 92.1 cm³/mol. The lowest BCUT2D eigenvalue weighted by Crippen LogP contribution is -2.52. The highest BCUT2D eigenvalue weighted by atomic mass is 32.1. The molecule has 1 aliphatic carbocycles. The molecule has 2 heterocycles. The third kappa shape index (κ3) is 3.47. The molecule has 0 aromatic carbocycles. The van der Waals surface area contributed by atoms with Gasteiger partial charge in [0, 0.05) is 37.6 Å². The van der Waals surface area contributed by atoms with Crippen LogP contribution in [0.15, 0.2) is 6.07 Å². The maximum atomic E-state index is 12.8. The summed E-state index contributed by atoms with van der Waals surface area (Å²) in [6.07, 6.45) is 6.00. The molecule has 0 bridgehead atoms. The summed E-state index contributed by atoms with van der Waals surface area (Å²) in [7, 11) is 1.66. The molecule has 1 aromatic rings. The quantitative estimate of drug-likeness (QED) is 0.919. The van der Waals surface area contributed by atoms with Crippen molar-refractivity contribution in [2.75, 3.05) is 26.8 Å². The van der Waals surface area contributed by atoms with Gasteiger partial charge in [-0.1, -0.05) is 6.92 Å². The van der Waals surface area contributed by atoms with Crippen LogP contribution in [0.1, 0.15) is 52.7 Å². The second-order valence-corrected chi connectivity index (χ2v) is 8.15. The van der Waals surface area contributed by atoms with Gasteiger partial charge in [-0.15, -0.1) is 11.3 Å². The number of aryl methyl sites for hydroxylation is 2. The summed E-state index contributed by atoms with van der Waals surface area (Å²) in [5.41, 5.74) is 0.674. The van der Waals surface area contributed by atoms with E-state index in [1.165, 1.54) is 23.3 Å². The minimum absolute atomic E-state index is 0.0740. The second kappa shape index (κ2) is 6.91. The molecule has 3 rings (SSSR count). The number of fused-ring (bicyclic) bond motifs is 1. The third-order valence-corrected chi connectivity index (χ3v) is 6.68. The molecule has 4 nitrogen and oxygen atoms in total. The fourth-order valence-corrected chi connectivity index (χ4v) is 4.97. The van der Waals surface area contributed by atoms with Gasteiger partial charge in [0.2, 0.25) is 0 Å². The van der Waals surface area contributed by atoms with E-state index in [1.54, 1.807) is 18.4 Å². The number of hydrogen-bond acceptors (Lipinski definition) is 4. The molecular weight excluding hydrogens is 310 g/mol. The van der Waals surface area contributed by atoms with Gasteiger partial charge in [-0.25, -0.2) is 0 Å². The highest BCUT2D eigenvalue weighted by molar-refractivity contribution is 7.14. The average Bonchev–Trinajstić information content (AvgIpc) is 2.99. The van der Waals surface area contributed by atoms with Crippen molar-refractivity contribution in [2.45, 2.75) is 51.0 Å². The molecule has 1 fully saturated rings. The molecule has 0 spiro atoms. The van der Waals surface area contributed by atoms with Crippen LogP contribution in [-0.4, -0.2) is 48.3 Å². The van der Waals surface area contributed by atoms with Crippen molar-refractivity contribution in [2.24, 2.45) is 5.92 Å². The van der Waals surface area contributed by atoms with Gasteiger partial charge in [0.25, 0.3) is 5.91 Å². The number of piperidine rings is 1. The fraction of sp³-hybridized carbons (Fsp3) is 0.722. The van der Waals surface area contributed by atoms with Crippen LogP contribution in [0.4, 0.5) is 0 Å². The van der Waals surface area contributed by atoms with Gasteiger partial charge in [-0.3, -0.25) is 4.79 Å². The SMILES string of the molecule is COCC[C@@]1(O)CCN(C(=O)c2cc3c(s2)CCCC3)C[C@@H]1C. The minimum atomic E-state index is -0.707. The van der Waals surface area contributed by atoms with E-state index in [1.807, 2.05) is 11.8 Å². The van der Waals surface area contributed by atoms with E-state index in [0.29, 0.717) is 32.5 Å². The molecular formula is C18H27NO3S. The summed E-state index contributed by atoms with van der Waals surface area (Å²) >= 11 is 1.68. The highest BCUT2D eigenvalue weighted by Crippen LogP contribution is 2.34. The largest absolute Gasteiger partial charge is 0.389 e. The van der Waals surface area contributed by atoms with E-state index >= 15 is 0 Å². The van der Waals surface area contributed by atoms with E-state index in [0.717, 1.165) is 17.7 Å². The molecule has 2 atom stereocenters. The van der Waals surface area contributed by atoms with Crippen LogP contribution in [0.25, 0.3) is 0 Å². The Morgan fingerprint density at radius 2 is 2.26 bits per heavy atom. The number of nitrogens with zero attached hydrogens (tertiary/aromatic N) is 1. The Morgan fingerprint density at radius 1 is 1.48 bits per heavy atom. The van der Waals surface area contributed by atoms with Gasteiger partial charge in [0.05, 0.1) is 10.5 Å². The lowest BCUT2D eigenvalue weighted by Gasteiger charge is -2.43. The van der Waals surface area contributed by atoms with Crippen molar-refractivity contribution in [3.8, 4) is 0 Å². The third-order valence-electron chi connectivity index (χ3n) is 5.46. The van der Waals surface area contributed by atoms with Gasteiger partial charge in [-0.2, -0.15) is 0 Å². The van der Waals surface area contributed by atoms with Crippen molar-refractivity contribution in [3.05, 3.63) is 21.4 Å². The van der Waals surface area contributed by atoms with Crippen LogP contribution in [0.5, 0.6) is 0 Å². The number of rotatable bonds is 4. The van der Waals surface area contributed by atoms with Crippen LogP contribution >= 0.6 is 11.3 Å². The Bertz CT molecular complexity index is 547. The minimum Gasteiger partial charge on any atom is -0.389 e. The first kappa shape index (κ1) is 16.9. The zero-order chi connectivity index (χ0) is 16.4. The summed E-state index contributed by atoms with van der Waals surface area (Å²) in [6.45, 7) is 3.86. The first-order valence-electron chi connectivity index (χ1n) is 8.65. The van der Waals surface area contributed by atoms with Gasteiger partial charge in [0.15, 0.2) is 0 Å². The summed E-state index contributed by atoms with van der Waals surface area (Å²) in [5, 5.41) is 10.8. The number of methoxy groups -OCH3 is 1. The average molecular weight is 337 g/mol.